The molecule has 23 heavy (non-hydrogen) atoms. The first-order valence-corrected chi connectivity index (χ1v) is 8.04. The standard InChI is InChI=1S/C18H23NO4/c1-18(2,3)17(21)23-15-9-11-7-8-19-13(5-6-16(19)20)12(11)10-14(15)22-4/h9-10,13H,5-8H2,1-4H3/t13-/m0/s1. The Morgan fingerprint density at radius 1 is 1.22 bits per heavy atom. The summed E-state index contributed by atoms with van der Waals surface area (Å²) < 4.78 is 11.0. The van der Waals surface area contributed by atoms with Gasteiger partial charge in [0, 0.05) is 13.0 Å². The molecule has 5 heteroatoms. The molecule has 0 aliphatic carbocycles. The fourth-order valence-electron chi connectivity index (χ4n) is 3.21. The molecular weight excluding hydrogens is 294 g/mol. The third kappa shape index (κ3) is 2.80. The average molecular weight is 317 g/mol. The van der Waals surface area contributed by atoms with Gasteiger partial charge < -0.3 is 14.4 Å². The highest BCUT2D eigenvalue weighted by atomic mass is 16.6. The van der Waals surface area contributed by atoms with Crippen molar-refractivity contribution in [2.75, 3.05) is 13.7 Å². The van der Waals surface area contributed by atoms with Crippen LogP contribution in [0.15, 0.2) is 12.1 Å². The third-order valence-electron chi connectivity index (χ3n) is 4.55. The monoisotopic (exact) mass is 317 g/mol. The van der Waals surface area contributed by atoms with Gasteiger partial charge in [-0.15, -0.1) is 0 Å². The second-order valence-electron chi connectivity index (χ2n) is 7.23. The molecule has 5 nitrogen and oxygen atoms in total. The van der Waals surface area contributed by atoms with Gasteiger partial charge in [-0.05, 0) is 56.9 Å². The molecule has 1 aromatic rings. The van der Waals surface area contributed by atoms with Gasteiger partial charge in [-0.2, -0.15) is 0 Å². The molecule has 0 bridgehead atoms. The van der Waals surface area contributed by atoms with E-state index in [1.165, 1.54) is 0 Å². The molecule has 2 aliphatic heterocycles. The van der Waals surface area contributed by atoms with Crippen molar-refractivity contribution in [2.45, 2.75) is 46.1 Å². The minimum Gasteiger partial charge on any atom is -0.493 e. The Morgan fingerprint density at radius 3 is 2.61 bits per heavy atom. The molecule has 3 rings (SSSR count). The lowest BCUT2D eigenvalue weighted by Gasteiger charge is -2.32. The Bertz CT molecular complexity index is 660. The number of amides is 1. The topological polar surface area (TPSA) is 55.8 Å². The van der Waals surface area contributed by atoms with Gasteiger partial charge in [0.1, 0.15) is 0 Å². The molecule has 0 radical (unpaired) electrons. The van der Waals surface area contributed by atoms with Gasteiger partial charge in [0.15, 0.2) is 11.5 Å². The van der Waals surface area contributed by atoms with E-state index in [0.717, 1.165) is 30.5 Å². The molecule has 2 aliphatic rings. The van der Waals surface area contributed by atoms with E-state index in [2.05, 4.69) is 0 Å². The van der Waals surface area contributed by atoms with E-state index >= 15 is 0 Å². The number of hydrogen-bond donors (Lipinski definition) is 0. The van der Waals surface area contributed by atoms with Crippen molar-refractivity contribution in [3.05, 3.63) is 23.3 Å². The second kappa shape index (κ2) is 5.55. The van der Waals surface area contributed by atoms with E-state index in [1.54, 1.807) is 7.11 Å². The van der Waals surface area contributed by atoms with Crippen LogP contribution in [-0.2, 0) is 16.0 Å². The maximum Gasteiger partial charge on any atom is 0.316 e. The predicted molar refractivity (Wildman–Crippen MR) is 85.5 cm³/mol. The highest BCUT2D eigenvalue weighted by Gasteiger charge is 2.37. The summed E-state index contributed by atoms with van der Waals surface area (Å²) in [5, 5.41) is 0. The zero-order chi connectivity index (χ0) is 16.8. The zero-order valence-electron chi connectivity index (χ0n) is 14.1. The maximum absolute atomic E-state index is 12.2. The lowest BCUT2D eigenvalue weighted by atomic mass is 9.92. The molecule has 1 fully saturated rings. The fourth-order valence-corrected chi connectivity index (χ4v) is 3.21. The van der Waals surface area contributed by atoms with Crippen LogP contribution >= 0.6 is 0 Å². The van der Waals surface area contributed by atoms with E-state index < -0.39 is 5.41 Å². The van der Waals surface area contributed by atoms with Gasteiger partial charge in [-0.3, -0.25) is 9.59 Å². The number of carbonyl (C=O) groups excluding carboxylic acids is 2. The highest BCUT2D eigenvalue weighted by Crippen LogP contribution is 2.43. The molecule has 2 heterocycles. The lowest BCUT2D eigenvalue weighted by Crippen LogP contribution is -2.34. The molecule has 0 saturated carbocycles. The average Bonchev–Trinajstić information content (AvgIpc) is 2.87. The first-order valence-electron chi connectivity index (χ1n) is 8.04. The molecule has 1 amide bonds. The minimum absolute atomic E-state index is 0.132. The van der Waals surface area contributed by atoms with Gasteiger partial charge >= 0.3 is 5.97 Å². The number of hydrogen-bond acceptors (Lipinski definition) is 4. The number of benzene rings is 1. The Hall–Kier alpha value is -2.04. The van der Waals surface area contributed by atoms with E-state index in [1.807, 2.05) is 37.8 Å². The SMILES string of the molecule is COc1cc2c(cc1OC(=O)C(C)(C)C)CCN1C(=O)CC[C@@H]21. The Balaban J connectivity index is 1.95. The molecular formula is C18H23NO4. The van der Waals surface area contributed by atoms with Crippen LogP contribution in [-0.4, -0.2) is 30.4 Å². The van der Waals surface area contributed by atoms with E-state index in [-0.39, 0.29) is 17.9 Å². The number of methoxy groups -OCH3 is 1. The van der Waals surface area contributed by atoms with E-state index in [9.17, 15) is 9.59 Å². The smallest absolute Gasteiger partial charge is 0.316 e. The summed E-state index contributed by atoms with van der Waals surface area (Å²) >= 11 is 0. The maximum atomic E-state index is 12.2. The van der Waals surface area contributed by atoms with Crippen LogP contribution in [0.5, 0.6) is 11.5 Å². The van der Waals surface area contributed by atoms with Crippen molar-refractivity contribution in [3.8, 4) is 11.5 Å². The van der Waals surface area contributed by atoms with Crippen molar-refractivity contribution in [2.24, 2.45) is 5.41 Å². The summed E-state index contributed by atoms with van der Waals surface area (Å²) in [6, 6.07) is 3.96. The number of carbonyl (C=O) groups is 2. The summed E-state index contributed by atoms with van der Waals surface area (Å²) in [7, 11) is 1.57. The molecule has 124 valence electrons. The van der Waals surface area contributed by atoms with Crippen molar-refractivity contribution in [1.29, 1.82) is 0 Å². The largest absolute Gasteiger partial charge is 0.493 e. The molecule has 1 aromatic carbocycles. The van der Waals surface area contributed by atoms with Crippen molar-refractivity contribution >= 4 is 11.9 Å². The van der Waals surface area contributed by atoms with Gasteiger partial charge in [0.25, 0.3) is 0 Å². The second-order valence-corrected chi connectivity index (χ2v) is 7.23. The number of rotatable bonds is 2. The number of fused-ring (bicyclic) bond motifs is 3. The van der Waals surface area contributed by atoms with Crippen molar-refractivity contribution < 1.29 is 19.1 Å². The lowest BCUT2D eigenvalue weighted by molar-refractivity contribution is -0.143. The molecule has 0 N–H and O–H groups in total. The fraction of sp³-hybridized carbons (Fsp3) is 0.556. The molecule has 1 saturated heterocycles. The van der Waals surface area contributed by atoms with Crippen molar-refractivity contribution in [1.82, 2.24) is 4.90 Å². The van der Waals surface area contributed by atoms with Crippen LogP contribution in [0.25, 0.3) is 0 Å². The van der Waals surface area contributed by atoms with E-state index in [4.69, 9.17) is 9.47 Å². The van der Waals surface area contributed by atoms with Crippen LogP contribution in [0.4, 0.5) is 0 Å². The summed E-state index contributed by atoms with van der Waals surface area (Å²) in [4.78, 5) is 26.0. The number of esters is 1. The Morgan fingerprint density at radius 2 is 1.96 bits per heavy atom. The van der Waals surface area contributed by atoms with Gasteiger partial charge in [0.2, 0.25) is 5.91 Å². The number of nitrogens with zero attached hydrogens (tertiary/aromatic N) is 1. The van der Waals surface area contributed by atoms with Crippen LogP contribution in [0, 0.1) is 5.41 Å². The van der Waals surface area contributed by atoms with E-state index in [0.29, 0.717) is 17.9 Å². The molecule has 0 aromatic heterocycles. The summed E-state index contributed by atoms with van der Waals surface area (Å²) in [5.41, 5.74) is 1.68. The Kier molecular flexibility index (Phi) is 3.82. The van der Waals surface area contributed by atoms with Crippen LogP contribution < -0.4 is 9.47 Å². The summed E-state index contributed by atoms with van der Waals surface area (Å²) in [6.07, 6.45) is 2.23. The highest BCUT2D eigenvalue weighted by molar-refractivity contribution is 5.80. The first-order chi connectivity index (χ1) is 10.8. The normalized spacial score (nSPS) is 20.1. The molecule has 0 unspecified atom stereocenters. The summed E-state index contributed by atoms with van der Waals surface area (Å²) in [5.74, 6) is 0.943. The quantitative estimate of drug-likeness (QED) is 0.622. The predicted octanol–water partition coefficient (Wildman–Crippen LogP) is 2.87. The van der Waals surface area contributed by atoms with Crippen molar-refractivity contribution in [3.63, 3.8) is 0 Å². The van der Waals surface area contributed by atoms with Crippen LogP contribution in [0.3, 0.4) is 0 Å². The first kappa shape index (κ1) is 15.8. The molecule has 1 atom stereocenters. The minimum atomic E-state index is -0.574. The molecule has 0 spiro atoms. The Labute approximate surface area is 136 Å². The number of ether oxygens (including phenoxy) is 2. The summed E-state index contributed by atoms with van der Waals surface area (Å²) in [6.45, 7) is 6.20. The zero-order valence-corrected chi connectivity index (χ0v) is 14.1. The van der Waals surface area contributed by atoms with Gasteiger partial charge in [-0.25, -0.2) is 0 Å². The van der Waals surface area contributed by atoms with Crippen LogP contribution in [0.1, 0.15) is 50.8 Å². The van der Waals surface area contributed by atoms with Gasteiger partial charge in [0.05, 0.1) is 18.6 Å². The van der Waals surface area contributed by atoms with Crippen LogP contribution in [0.2, 0.25) is 0 Å². The third-order valence-corrected chi connectivity index (χ3v) is 4.55. The van der Waals surface area contributed by atoms with Gasteiger partial charge in [-0.1, -0.05) is 0 Å².